The number of nitrogens with one attached hydrogen (secondary N) is 1. The summed E-state index contributed by atoms with van der Waals surface area (Å²) in [6.07, 6.45) is 3.93. The number of hydrogen-bond donors (Lipinski definition) is 1. The van der Waals surface area contributed by atoms with Gasteiger partial charge in [0.05, 0.1) is 11.5 Å². The lowest BCUT2D eigenvalue weighted by atomic mass is 9.94. The molecule has 3 aliphatic rings. The van der Waals surface area contributed by atoms with Gasteiger partial charge in [0, 0.05) is 36.1 Å². The Kier molecular flexibility index (Phi) is 6.30. The number of carbonyl (C=O) groups is 2. The van der Waals surface area contributed by atoms with Crippen LogP contribution < -0.4 is 14.8 Å². The van der Waals surface area contributed by atoms with Crippen molar-refractivity contribution in [1.29, 1.82) is 0 Å². The fraction of sp³-hybridized carbons (Fsp3) is 0.370. The van der Waals surface area contributed by atoms with Crippen LogP contribution >= 0.6 is 22.9 Å². The van der Waals surface area contributed by atoms with Gasteiger partial charge in [-0.15, -0.1) is 0 Å². The zero-order chi connectivity index (χ0) is 25.6. The number of amides is 1. The number of anilines is 1. The molecular weight excluding hydrogens is 514 g/mol. The normalized spacial score (nSPS) is 20.4. The first-order valence-electron chi connectivity index (χ1n) is 12.3. The van der Waals surface area contributed by atoms with Gasteiger partial charge in [0.1, 0.15) is 6.10 Å². The average molecular weight is 540 g/mol. The Morgan fingerprint density at radius 3 is 2.81 bits per heavy atom. The van der Waals surface area contributed by atoms with E-state index in [1.54, 1.807) is 6.20 Å². The summed E-state index contributed by atoms with van der Waals surface area (Å²) >= 11 is 8.06. The molecule has 0 bridgehead atoms. The fourth-order valence-corrected chi connectivity index (χ4v) is 6.40. The van der Waals surface area contributed by atoms with Crippen molar-refractivity contribution in [1.82, 2.24) is 9.88 Å². The molecule has 1 unspecified atom stereocenters. The molecule has 2 aromatic carbocycles. The molecule has 10 heteroatoms. The smallest absolute Gasteiger partial charge is 0.302 e. The third kappa shape index (κ3) is 4.67. The molecule has 1 saturated heterocycles. The van der Waals surface area contributed by atoms with Crippen LogP contribution in [0.2, 0.25) is 5.02 Å². The second-order valence-corrected chi connectivity index (χ2v) is 11.1. The van der Waals surface area contributed by atoms with Crippen molar-refractivity contribution in [3.63, 3.8) is 0 Å². The highest BCUT2D eigenvalue weighted by Gasteiger charge is 2.52. The third-order valence-electron chi connectivity index (χ3n) is 7.20. The van der Waals surface area contributed by atoms with Crippen LogP contribution in [0.15, 0.2) is 48.7 Å². The number of hydrogen-bond acceptors (Lipinski definition) is 8. The Labute approximate surface area is 223 Å². The van der Waals surface area contributed by atoms with Crippen molar-refractivity contribution in [3.8, 4) is 11.5 Å². The summed E-state index contributed by atoms with van der Waals surface area (Å²) in [7, 11) is 0. The first-order chi connectivity index (χ1) is 17.9. The van der Waals surface area contributed by atoms with E-state index in [1.165, 1.54) is 18.3 Å². The molecule has 1 N–H and O–H groups in total. The van der Waals surface area contributed by atoms with Crippen LogP contribution in [0.4, 0.5) is 5.13 Å². The van der Waals surface area contributed by atoms with Gasteiger partial charge in [-0.1, -0.05) is 47.2 Å². The van der Waals surface area contributed by atoms with Crippen LogP contribution in [-0.4, -0.2) is 47.7 Å². The van der Waals surface area contributed by atoms with Crippen molar-refractivity contribution in [2.75, 3.05) is 25.2 Å². The predicted molar refractivity (Wildman–Crippen MR) is 139 cm³/mol. The van der Waals surface area contributed by atoms with E-state index in [2.05, 4.69) is 15.2 Å². The topological polar surface area (TPSA) is 90.0 Å². The van der Waals surface area contributed by atoms with Crippen LogP contribution in [0.3, 0.4) is 0 Å². The van der Waals surface area contributed by atoms with Crippen molar-refractivity contribution in [2.45, 2.75) is 43.7 Å². The van der Waals surface area contributed by atoms with Gasteiger partial charge in [0.15, 0.2) is 16.6 Å². The number of rotatable bonds is 7. The van der Waals surface area contributed by atoms with Gasteiger partial charge in [0.25, 0.3) is 0 Å². The summed E-state index contributed by atoms with van der Waals surface area (Å²) < 4.78 is 16.4. The molecule has 1 amide bonds. The number of likely N-dealkylation sites (tertiary alicyclic amines) is 1. The largest absolute Gasteiger partial charge is 0.461 e. The van der Waals surface area contributed by atoms with Crippen LogP contribution in [0, 0.1) is 0 Å². The minimum Gasteiger partial charge on any atom is -0.461 e. The van der Waals surface area contributed by atoms with Gasteiger partial charge in [-0.2, -0.15) is 0 Å². The molecule has 2 fully saturated rings. The molecule has 0 spiro atoms. The van der Waals surface area contributed by atoms with Gasteiger partial charge < -0.3 is 19.5 Å². The molecule has 1 aliphatic carbocycles. The van der Waals surface area contributed by atoms with Crippen LogP contribution in [0.25, 0.3) is 0 Å². The number of esters is 1. The molecule has 1 saturated carbocycles. The lowest BCUT2D eigenvalue weighted by Gasteiger charge is -2.27. The Morgan fingerprint density at radius 2 is 2.03 bits per heavy atom. The SMILES string of the molecule is CC(=O)O[C@@H]1CCN(C(c2cnc(NC(=O)C3(c4ccc5c(c4)OCO5)CC3)s2)c2ccccc2Cl)C1. The summed E-state index contributed by atoms with van der Waals surface area (Å²) in [5, 5.41) is 4.25. The molecule has 1 aromatic heterocycles. The van der Waals surface area contributed by atoms with E-state index >= 15 is 0 Å². The minimum atomic E-state index is -0.582. The average Bonchev–Trinajstić information content (AvgIpc) is 3.18. The zero-order valence-corrected chi connectivity index (χ0v) is 21.8. The maximum absolute atomic E-state index is 13.4. The van der Waals surface area contributed by atoms with Crippen molar-refractivity contribution in [3.05, 3.63) is 69.7 Å². The number of aromatic nitrogens is 1. The number of carbonyl (C=O) groups excluding carboxylic acids is 2. The highest BCUT2D eigenvalue weighted by molar-refractivity contribution is 7.15. The van der Waals surface area contributed by atoms with Gasteiger partial charge in [-0.25, -0.2) is 4.98 Å². The van der Waals surface area contributed by atoms with Gasteiger partial charge in [-0.3, -0.25) is 14.5 Å². The lowest BCUT2D eigenvalue weighted by molar-refractivity contribution is -0.145. The number of fused-ring (bicyclic) bond motifs is 1. The van der Waals surface area contributed by atoms with Crippen LogP contribution in [-0.2, 0) is 19.7 Å². The van der Waals surface area contributed by atoms with Crippen LogP contribution in [0.5, 0.6) is 11.5 Å². The van der Waals surface area contributed by atoms with Crippen molar-refractivity contribution >= 4 is 39.9 Å². The van der Waals surface area contributed by atoms with Crippen molar-refractivity contribution < 1.29 is 23.8 Å². The summed E-state index contributed by atoms with van der Waals surface area (Å²) in [5.74, 6) is 1.03. The molecule has 2 aliphatic heterocycles. The number of halogens is 1. The number of ether oxygens (including phenoxy) is 3. The molecule has 37 heavy (non-hydrogen) atoms. The van der Waals surface area contributed by atoms with Crippen molar-refractivity contribution in [2.24, 2.45) is 0 Å². The van der Waals surface area contributed by atoms with Crippen LogP contribution in [0.1, 0.15) is 48.2 Å². The molecule has 6 rings (SSSR count). The highest BCUT2D eigenvalue weighted by Crippen LogP contribution is 2.51. The van der Waals surface area contributed by atoms with Gasteiger partial charge >= 0.3 is 5.97 Å². The Morgan fingerprint density at radius 1 is 1.22 bits per heavy atom. The van der Waals surface area contributed by atoms with E-state index in [4.69, 9.17) is 25.8 Å². The standard InChI is InChI=1S/C27H26ClN3O5S/c1-16(32)36-18-8-11-31(14-18)24(19-4-2-3-5-20(19)28)23-13-29-26(37-23)30-25(33)27(9-10-27)17-6-7-21-22(12-17)35-15-34-21/h2-7,12-13,18,24H,8-11,14-15H2,1H3,(H,29,30,33)/t18-,24?/m1/s1. The highest BCUT2D eigenvalue weighted by atomic mass is 35.5. The van der Waals surface area contributed by atoms with E-state index in [-0.39, 0.29) is 30.8 Å². The van der Waals surface area contributed by atoms with E-state index in [9.17, 15) is 9.59 Å². The molecule has 8 nitrogen and oxygen atoms in total. The zero-order valence-electron chi connectivity index (χ0n) is 20.2. The molecule has 3 heterocycles. The summed E-state index contributed by atoms with van der Waals surface area (Å²) in [6, 6.07) is 13.3. The van der Waals surface area contributed by atoms with E-state index < -0.39 is 5.41 Å². The van der Waals surface area contributed by atoms with E-state index in [0.29, 0.717) is 28.2 Å². The minimum absolute atomic E-state index is 0.0716. The Balaban J connectivity index is 1.23. The Hall–Kier alpha value is -3.14. The second-order valence-electron chi connectivity index (χ2n) is 9.61. The van der Waals surface area contributed by atoms with Gasteiger partial charge in [0.2, 0.25) is 12.7 Å². The number of benzene rings is 2. The first kappa shape index (κ1) is 24.2. The molecule has 192 valence electrons. The monoisotopic (exact) mass is 539 g/mol. The maximum Gasteiger partial charge on any atom is 0.302 e. The maximum atomic E-state index is 13.4. The molecular formula is C27H26ClN3O5S. The van der Waals surface area contributed by atoms with E-state index in [1.807, 2.05) is 42.5 Å². The predicted octanol–water partition coefficient (Wildman–Crippen LogP) is 4.92. The summed E-state index contributed by atoms with van der Waals surface area (Å²) in [4.78, 5) is 32.7. The lowest BCUT2D eigenvalue weighted by Crippen LogP contribution is -2.29. The molecule has 3 aromatic rings. The second kappa shape index (κ2) is 9.63. The van der Waals surface area contributed by atoms with Gasteiger partial charge in [-0.05, 0) is 48.6 Å². The number of thiazole rings is 1. The summed E-state index contributed by atoms with van der Waals surface area (Å²) in [6.45, 7) is 2.98. The molecule has 0 radical (unpaired) electrons. The first-order valence-corrected chi connectivity index (χ1v) is 13.5. The third-order valence-corrected chi connectivity index (χ3v) is 8.51. The van der Waals surface area contributed by atoms with E-state index in [0.717, 1.165) is 41.8 Å². The quantitative estimate of drug-likeness (QED) is 0.426. The summed E-state index contributed by atoms with van der Waals surface area (Å²) in [5.41, 5.74) is 1.29. The number of nitrogens with zero attached hydrogens (tertiary/aromatic N) is 2. The fourth-order valence-electron chi connectivity index (χ4n) is 5.20. The molecule has 2 atom stereocenters. The Bertz CT molecular complexity index is 1360.